The van der Waals surface area contributed by atoms with Crippen LogP contribution in [0.3, 0.4) is 0 Å². The average molecular weight is 164 g/mol. The summed E-state index contributed by atoms with van der Waals surface area (Å²) in [5.74, 6) is -0.204. The van der Waals surface area contributed by atoms with E-state index in [1.165, 1.54) is 12.1 Å². The van der Waals surface area contributed by atoms with Gasteiger partial charge in [-0.3, -0.25) is 5.10 Å². The van der Waals surface area contributed by atoms with Crippen molar-refractivity contribution in [1.82, 2.24) is 10.2 Å². The van der Waals surface area contributed by atoms with Gasteiger partial charge in [-0.2, -0.15) is 5.10 Å². The second-order valence-electron chi connectivity index (χ2n) is 2.97. The van der Waals surface area contributed by atoms with E-state index in [9.17, 15) is 4.39 Å². The molecule has 0 amide bonds. The molecular weight excluding hydrogens is 155 g/mol. The van der Waals surface area contributed by atoms with E-state index in [0.29, 0.717) is 0 Å². The highest BCUT2D eigenvalue weighted by Crippen LogP contribution is 2.19. The van der Waals surface area contributed by atoms with E-state index in [0.717, 1.165) is 22.2 Å². The number of nitrogens with zero attached hydrogens (tertiary/aromatic N) is 1. The first-order valence-electron chi connectivity index (χ1n) is 3.79. The summed E-state index contributed by atoms with van der Waals surface area (Å²) in [6.07, 6.45) is 0. The number of nitrogens with one attached hydrogen (secondary N) is 1. The van der Waals surface area contributed by atoms with Gasteiger partial charge in [0, 0.05) is 11.1 Å². The molecular formula is C9H9FN2. The molecule has 0 atom stereocenters. The van der Waals surface area contributed by atoms with E-state index in [4.69, 9.17) is 0 Å². The highest BCUT2D eigenvalue weighted by Gasteiger charge is 2.05. The number of aromatic amines is 1. The Morgan fingerprint density at radius 1 is 1.33 bits per heavy atom. The van der Waals surface area contributed by atoms with Crippen molar-refractivity contribution in [3.8, 4) is 0 Å². The summed E-state index contributed by atoms with van der Waals surface area (Å²) in [5.41, 5.74) is 2.64. The van der Waals surface area contributed by atoms with E-state index in [-0.39, 0.29) is 5.82 Å². The van der Waals surface area contributed by atoms with Crippen molar-refractivity contribution in [3.05, 3.63) is 29.2 Å². The van der Waals surface area contributed by atoms with Crippen molar-refractivity contribution < 1.29 is 4.39 Å². The minimum atomic E-state index is -0.204. The average Bonchev–Trinajstić information content (AvgIpc) is 2.33. The van der Waals surface area contributed by atoms with Gasteiger partial charge in [-0.25, -0.2) is 4.39 Å². The highest BCUT2D eigenvalue weighted by atomic mass is 19.1. The quantitative estimate of drug-likeness (QED) is 0.636. The number of aromatic nitrogens is 2. The van der Waals surface area contributed by atoms with Gasteiger partial charge in [0.25, 0.3) is 0 Å². The van der Waals surface area contributed by atoms with Crippen molar-refractivity contribution in [1.29, 1.82) is 0 Å². The van der Waals surface area contributed by atoms with Crippen molar-refractivity contribution in [2.45, 2.75) is 13.8 Å². The minimum Gasteiger partial charge on any atom is -0.282 e. The molecule has 2 aromatic rings. The molecule has 12 heavy (non-hydrogen) atoms. The van der Waals surface area contributed by atoms with E-state index < -0.39 is 0 Å². The van der Waals surface area contributed by atoms with Crippen LogP contribution in [0, 0.1) is 19.7 Å². The van der Waals surface area contributed by atoms with Crippen LogP contribution in [-0.4, -0.2) is 10.2 Å². The topological polar surface area (TPSA) is 28.7 Å². The number of fused-ring (bicyclic) bond motifs is 1. The maximum absolute atomic E-state index is 12.9. The Balaban J connectivity index is 2.92. The minimum absolute atomic E-state index is 0.204. The van der Waals surface area contributed by atoms with Gasteiger partial charge in [-0.15, -0.1) is 0 Å². The molecule has 0 unspecified atom stereocenters. The molecule has 0 bridgehead atoms. The van der Waals surface area contributed by atoms with Crippen molar-refractivity contribution in [3.63, 3.8) is 0 Å². The van der Waals surface area contributed by atoms with Crippen LogP contribution in [0.15, 0.2) is 12.1 Å². The molecule has 0 spiro atoms. The molecule has 0 saturated carbocycles. The van der Waals surface area contributed by atoms with Crippen LogP contribution >= 0.6 is 0 Å². The summed E-state index contributed by atoms with van der Waals surface area (Å²) >= 11 is 0. The third-order valence-corrected chi connectivity index (χ3v) is 2.00. The number of H-pyrrole nitrogens is 1. The Morgan fingerprint density at radius 2 is 2.08 bits per heavy atom. The lowest BCUT2D eigenvalue weighted by Crippen LogP contribution is -1.80. The van der Waals surface area contributed by atoms with Gasteiger partial charge in [0.2, 0.25) is 0 Å². The number of halogens is 1. The fourth-order valence-corrected chi connectivity index (χ4v) is 1.37. The van der Waals surface area contributed by atoms with E-state index in [1.807, 2.05) is 13.8 Å². The SMILES string of the molecule is Cc1[nH]nc2c(C)cc(F)cc12. The van der Waals surface area contributed by atoms with E-state index >= 15 is 0 Å². The Bertz CT molecular complexity index is 431. The molecule has 2 nitrogen and oxygen atoms in total. The number of hydrogen-bond acceptors (Lipinski definition) is 1. The zero-order valence-electron chi connectivity index (χ0n) is 6.98. The Hall–Kier alpha value is -1.38. The molecule has 1 aromatic heterocycles. The molecule has 0 radical (unpaired) electrons. The van der Waals surface area contributed by atoms with Crippen molar-refractivity contribution in [2.75, 3.05) is 0 Å². The van der Waals surface area contributed by atoms with Crippen LogP contribution < -0.4 is 0 Å². The first kappa shape index (κ1) is 7.28. The van der Waals surface area contributed by atoms with Crippen LogP contribution in [0.1, 0.15) is 11.3 Å². The molecule has 0 saturated heterocycles. The molecule has 1 heterocycles. The molecule has 0 fully saturated rings. The van der Waals surface area contributed by atoms with Crippen LogP contribution in [0.25, 0.3) is 10.9 Å². The van der Waals surface area contributed by atoms with Gasteiger partial charge in [0.1, 0.15) is 5.82 Å². The lowest BCUT2D eigenvalue weighted by Gasteiger charge is -1.94. The molecule has 0 aliphatic rings. The summed E-state index contributed by atoms with van der Waals surface area (Å²) in [6, 6.07) is 2.99. The van der Waals surface area contributed by atoms with Gasteiger partial charge in [-0.1, -0.05) is 0 Å². The normalized spacial score (nSPS) is 10.9. The third kappa shape index (κ3) is 0.897. The first-order chi connectivity index (χ1) is 5.68. The monoisotopic (exact) mass is 164 g/mol. The van der Waals surface area contributed by atoms with Crippen molar-refractivity contribution in [2.24, 2.45) is 0 Å². The van der Waals surface area contributed by atoms with Crippen LogP contribution in [0.5, 0.6) is 0 Å². The highest BCUT2D eigenvalue weighted by molar-refractivity contribution is 5.83. The van der Waals surface area contributed by atoms with E-state index in [1.54, 1.807) is 0 Å². The second-order valence-corrected chi connectivity index (χ2v) is 2.97. The Morgan fingerprint density at radius 3 is 2.83 bits per heavy atom. The number of aryl methyl sites for hydroxylation is 2. The molecule has 1 N–H and O–H groups in total. The molecule has 1 aromatic carbocycles. The number of benzene rings is 1. The Labute approximate surface area is 69.4 Å². The summed E-state index contributed by atoms with van der Waals surface area (Å²) in [6.45, 7) is 3.74. The third-order valence-electron chi connectivity index (χ3n) is 2.00. The molecule has 0 aliphatic carbocycles. The van der Waals surface area contributed by atoms with E-state index in [2.05, 4.69) is 10.2 Å². The summed E-state index contributed by atoms with van der Waals surface area (Å²) < 4.78 is 12.9. The predicted octanol–water partition coefficient (Wildman–Crippen LogP) is 2.32. The summed E-state index contributed by atoms with van der Waals surface area (Å²) in [7, 11) is 0. The maximum Gasteiger partial charge on any atom is 0.124 e. The predicted molar refractivity (Wildman–Crippen MR) is 45.5 cm³/mol. The lowest BCUT2D eigenvalue weighted by atomic mass is 10.1. The van der Waals surface area contributed by atoms with Gasteiger partial charge in [-0.05, 0) is 31.5 Å². The zero-order chi connectivity index (χ0) is 8.72. The molecule has 2 rings (SSSR count). The maximum atomic E-state index is 12.9. The fraction of sp³-hybridized carbons (Fsp3) is 0.222. The first-order valence-corrected chi connectivity index (χ1v) is 3.79. The lowest BCUT2D eigenvalue weighted by molar-refractivity contribution is 0.628. The molecule has 3 heteroatoms. The second kappa shape index (κ2) is 2.30. The van der Waals surface area contributed by atoms with Gasteiger partial charge >= 0.3 is 0 Å². The van der Waals surface area contributed by atoms with Gasteiger partial charge in [0.05, 0.1) is 5.52 Å². The number of rotatable bonds is 0. The van der Waals surface area contributed by atoms with Crippen molar-refractivity contribution >= 4 is 10.9 Å². The molecule has 0 aliphatic heterocycles. The summed E-state index contributed by atoms with van der Waals surface area (Å²) in [4.78, 5) is 0. The zero-order valence-corrected chi connectivity index (χ0v) is 6.98. The number of hydrogen-bond donors (Lipinski definition) is 1. The standard InChI is InChI=1S/C9H9FN2/c1-5-3-7(10)4-8-6(2)11-12-9(5)8/h3-4H,1-2H3,(H,11,12). The Kier molecular flexibility index (Phi) is 1.40. The van der Waals surface area contributed by atoms with Crippen LogP contribution in [-0.2, 0) is 0 Å². The van der Waals surface area contributed by atoms with Crippen LogP contribution in [0.4, 0.5) is 4.39 Å². The largest absolute Gasteiger partial charge is 0.282 e. The van der Waals surface area contributed by atoms with Crippen LogP contribution in [0.2, 0.25) is 0 Å². The summed E-state index contributed by atoms with van der Waals surface area (Å²) in [5, 5.41) is 7.76. The van der Waals surface area contributed by atoms with Gasteiger partial charge < -0.3 is 0 Å². The smallest absolute Gasteiger partial charge is 0.124 e. The fourth-order valence-electron chi connectivity index (χ4n) is 1.37. The van der Waals surface area contributed by atoms with Gasteiger partial charge in [0.15, 0.2) is 0 Å². The molecule has 62 valence electrons.